The predicted molar refractivity (Wildman–Crippen MR) is 109 cm³/mol. The summed E-state index contributed by atoms with van der Waals surface area (Å²) in [4.78, 5) is 12.9. The van der Waals surface area contributed by atoms with Gasteiger partial charge in [0, 0.05) is 5.69 Å². The molecule has 1 aliphatic rings. The van der Waals surface area contributed by atoms with E-state index in [1.54, 1.807) is 12.1 Å². The van der Waals surface area contributed by atoms with Crippen LogP contribution in [0.4, 0.5) is 5.69 Å². The molecule has 1 aliphatic carbocycles. The molecule has 0 saturated carbocycles. The van der Waals surface area contributed by atoms with E-state index < -0.39 is 16.1 Å². The van der Waals surface area contributed by atoms with Gasteiger partial charge in [-0.1, -0.05) is 19.9 Å². The molecular formula is C21H26N2O4S. The lowest BCUT2D eigenvalue weighted by molar-refractivity contribution is -0.118. The number of nitrogens with one attached hydrogen (secondary N) is 2. The highest BCUT2D eigenvalue weighted by Crippen LogP contribution is 2.25. The first-order valence-corrected chi connectivity index (χ1v) is 10.9. The summed E-state index contributed by atoms with van der Waals surface area (Å²) in [5.74, 6) is -0.0267. The van der Waals surface area contributed by atoms with Crippen LogP contribution in [0, 0.1) is 5.92 Å². The number of carbonyl (C=O) groups is 1. The number of rotatable bonds is 7. The van der Waals surface area contributed by atoms with Crippen molar-refractivity contribution in [2.75, 3.05) is 12.4 Å². The van der Waals surface area contributed by atoms with Gasteiger partial charge in [0.1, 0.15) is 11.8 Å². The van der Waals surface area contributed by atoms with E-state index in [2.05, 4.69) is 10.0 Å². The number of sulfonamides is 1. The summed E-state index contributed by atoms with van der Waals surface area (Å²) in [6, 6.07) is 11.1. The van der Waals surface area contributed by atoms with Gasteiger partial charge in [-0.15, -0.1) is 0 Å². The summed E-state index contributed by atoms with van der Waals surface area (Å²) < 4.78 is 33.0. The Balaban J connectivity index is 1.75. The fourth-order valence-corrected chi connectivity index (χ4v) is 4.70. The number of methoxy groups -OCH3 is 1. The first kappa shape index (κ1) is 20.4. The van der Waals surface area contributed by atoms with E-state index in [1.807, 2.05) is 32.0 Å². The molecule has 0 fully saturated rings. The van der Waals surface area contributed by atoms with Crippen molar-refractivity contribution in [3.05, 3.63) is 53.6 Å². The summed E-state index contributed by atoms with van der Waals surface area (Å²) in [5.41, 5.74) is 3.26. The zero-order chi connectivity index (χ0) is 20.3. The molecule has 0 heterocycles. The molecule has 0 spiro atoms. The minimum atomic E-state index is -3.84. The van der Waals surface area contributed by atoms with Gasteiger partial charge in [0.25, 0.3) is 0 Å². The monoisotopic (exact) mass is 402 g/mol. The number of amides is 1. The summed E-state index contributed by atoms with van der Waals surface area (Å²) in [7, 11) is -2.33. The van der Waals surface area contributed by atoms with Crippen LogP contribution in [0.3, 0.4) is 0 Å². The average molecular weight is 403 g/mol. The van der Waals surface area contributed by atoms with Crippen LogP contribution >= 0.6 is 0 Å². The number of anilines is 1. The predicted octanol–water partition coefficient (Wildman–Crippen LogP) is 3.13. The maximum atomic E-state index is 12.8. The normalized spacial score (nSPS) is 14.6. The smallest absolute Gasteiger partial charge is 0.242 e. The van der Waals surface area contributed by atoms with E-state index in [9.17, 15) is 13.2 Å². The molecule has 1 atom stereocenters. The van der Waals surface area contributed by atoms with Gasteiger partial charge in [-0.2, -0.15) is 4.72 Å². The largest absolute Gasteiger partial charge is 0.497 e. The fraction of sp³-hybridized carbons (Fsp3) is 0.381. The lowest BCUT2D eigenvalue weighted by Gasteiger charge is -2.22. The summed E-state index contributed by atoms with van der Waals surface area (Å²) in [6.45, 7) is 3.62. The van der Waals surface area contributed by atoms with Crippen molar-refractivity contribution < 1.29 is 17.9 Å². The van der Waals surface area contributed by atoms with Crippen LogP contribution in [0.1, 0.15) is 31.4 Å². The summed E-state index contributed by atoms with van der Waals surface area (Å²) in [6.07, 6.45) is 3.21. The second kappa shape index (κ2) is 8.32. The minimum Gasteiger partial charge on any atom is -0.497 e. The van der Waals surface area contributed by atoms with E-state index >= 15 is 0 Å². The van der Waals surface area contributed by atoms with Crippen LogP contribution in [-0.2, 0) is 27.7 Å². The number of fused-ring (bicyclic) bond motifs is 1. The fourth-order valence-electron chi connectivity index (χ4n) is 3.35. The Kier molecular flexibility index (Phi) is 6.05. The van der Waals surface area contributed by atoms with Crippen LogP contribution in [0.15, 0.2) is 47.4 Å². The van der Waals surface area contributed by atoms with Gasteiger partial charge in [-0.25, -0.2) is 8.42 Å². The standard InChI is InChI=1S/C21H26N2O4S/c1-14(2)20(23-28(25,26)19-11-9-18(27-3)10-12-19)21(24)22-17-8-7-15-5-4-6-16(15)13-17/h7-14,20,23H,4-6H2,1-3H3,(H,22,24)/t20-/m0/s1. The molecule has 0 aliphatic heterocycles. The Hall–Kier alpha value is -2.38. The molecule has 0 aromatic heterocycles. The molecule has 0 unspecified atom stereocenters. The van der Waals surface area contributed by atoms with Gasteiger partial charge >= 0.3 is 0 Å². The third kappa shape index (κ3) is 4.54. The van der Waals surface area contributed by atoms with Crippen molar-refractivity contribution in [1.29, 1.82) is 0 Å². The Labute approximate surface area is 166 Å². The van der Waals surface area contributed by atoms with E-state index in [1.165, 1.54) is 30.4 Å². The third-order valence-corrected chi connectivity index (χ3v) is 6.42. The lowest BCUT2D eigenvalue weighted by Crippen LogP contribution is -2.47. The second-order valence-corrected chi connectivity index (χ2v) is 9.06. The maximum absolute atomic E-state index is 12.8. The average Bonchev–Trinajstić information content (AvgIpc) is 3.13. The minimum absolute atomic E-state index is 0.0873. The zero-order valence-electron chi connectivity index (χ0n) is 16.4. The first-order valence-electron chi connectivity index (χ1n) is 9.39. The zero-order valence-corrected chi connectivity index (χ0v) is 17.2. The summed E-state index contributed by atoms with van der Waals surface area (Å²) in [5, 5.41) is 2.86. The van der Waals surface area contributed by atoms with Gasteiger partial charge in [-0.3, -0.25) is 4.79 Å². The quantitative estimate of drug-likeness (QED) is 0.745. The molecule has 2 N–H and O–H groups in total. The number of hydrogen-bond donors (Lipinski definition) is 2. The van der Waals surface area contributed by atoms with Crippen molar-refractivity contribution in [1.82, 2.24) is 4.72 Å². The third-order valence-electron chi connectivity index (χ3n) is 4.97. The Morgan fingerprint density at radius 1 is 1.04 bits per heavy atom. The Morgan fingerprint density at radius 3 is 2.36 bits per heavy atom. The van der Waals surface area contributed by atoms with E-state index in [-0.39, 0.29) is 16.7 Å². The Bertz CT molecular complexity index is 953. The number of hydrogen-bond acceptors (Lipinski definition) is 4. The molecule has 28 heavy (non-hydrogen) atoms. The van der Waals surface area contributed by atoms with Crippen LogP contribution < -0.4 is 14.8 Å². The molecule has 1 amide bonds. The van der Waals surface area contributed by atoms with E-state index in [0.29, 0.717) is 11.4 Å². The van der Waals surface area contributed by atoms with Gasteiger partial charge in [0.2, 0.25) is 15.9 Å². The molecule has 0 radical (unpaired) electrons. The number of carbonyl (C=O) groups excluding carboxylic acids is 1. The highest BCUT2D eigenvalue weighted by Gasteiger charge is 2.28. The van der Waals surface area contributed by atoms with Crippen molar-refractivity contribution in [3.8, 4) is 5.75 Å². The van der Waals surface area contributed by atoms with Crippen LogP contribution in [0.2, 0.25) is 0 Å². The van der Waals surface area contributed by atoms with Gasteiger partial charge < -0.3 is 10.1 Å². The molecule has 0 bridgehead atoms. The van der Waals surface area contributed by atoms with Crippen LogP contribution in [0.5, 0.6) is 5.75 Å². The topological polar surface area (TPSA) is 84.5 Å². The molecule has 0 saturated heterocycles. The molecule has 2 aromatic rings. The van der Waals surface area contributed by atoms with Gasteiger partial charge in [0.15, 0.2) is 0 Å². The molecule has 6 nitrogen and oxygen atoms in total. The number of benzene rings is 2. The number of ether oxygens (including phenoxy) is 1. The Morgan fingerprint density at radius 2 is 1.71 bits per heavy atom. The highest BCUT2D eigenvalue weighted by molar-refractivity contribution is 7.89. The van der Waals surface area contributed by atoms with Crippen molar-refractivity contribution in [2.24, 2.45) is 5.92 Å². The number of aryl methyl sites for hydroxylation is 2. The molecule has 2 aromatic carbocycles. The molecule has 150 valence electrons. The maximum Gasteiger partial charge on any atom is 0.242 e. The van der Waals surface area contributed by atoms with Gasteiger partial charge in [0.05, 0.1) is 12.0 Å². The van der Waals surface area contributed by atoms with E-state index in [4.69, 9.17) is 4.74 Å². The lowest BCUT2D eigenvalue weighted by atomic mass is 10.0. The summed E-state index contributed by atoms with van der Waals surface area (Å²) >= 11 is 0. The molecular weight excluding hydrogens is 376 g/mol. The van der Waals surface area contributed by atoms with Crippen molar-refractivity contribution in [2.45, 2.75) is 44.0 Å². The molecule has 3 rings (SSSR count). The SMILES string of the molecule is COc1ccc(S(=O)(=O)N[C@H](C(=O)Nc2ccc3c(c2)CCC3)C(C)C)cc1. The van der Waals surface area contributed by atoms with Gasteiger partial charge in [-0.05, 0) is 72.7 Å². The van der Waals surface area contributed by atoms with Crippen molar-refractivity contribution >= 4 is 21.6 Å². The van der Waals surface area contributed by atoms with Crippen molar-refractivity contribution in [3.63, 3.8) is 0 Å². The highest BCUT2D eigenvalue weighted by atomic mass is 32.2. The molecule has 7 heteroatoms. The second-order valence-electron chi connectivity index (χ2n) is 7.34. The van der Waals surface area contributed by atoms with Crippen LogP contribution in [-0.4, -0.2) is 27.5 Å². The first-order chi connectivity index (χ1) is 13.3. The van der Waals surface area contributed by atoms with E-state index in [0.717, 1.165) is 19.3 Å². The van der Waals surface area contributed by atoms with Crippen LogP contribution in [0.25, 0.3) is 0 Å².